The molecule has 1 aromatic carbocycles. The van der Waals surface area contributed by atoms with Gasteiger partial charge in [-0.15, -0.1) is 11.6 Å². The number of nitrogens with zero attached hydrogens (tertiary/aromatic N) is 3. The van der Waals surface area contributed by atoms with Crippen molar-refractivity contribution in [2.24, 2.45) is 0 Å². The van der Waals surface area contributed by atoms with E-state index in [1.165, 1.54) is 6.07 Å². The number of hydrogen-bond donors (Lipinski definition) is 0. The minimum Gasteiger partial charge on any atom is -0.363 e. The van der Waals surface area contributed by atoms with Gasteiger partial charge in [-0.2, -0.15) is 5.26 Å². The van der Waals surface area contributed by atoms with Gasteiger partial charge in [0.2, 0.25) is 0 Å². The number of pyridine rings is 1. The largest absolute Gasteiger partial charge is 0.363 e. The van der Waals surface area contributed by atoms with Crippen LogP contribution in [0.25, 0.3) is 0 Å². The van der Waals surface area contributed by atoms with Gasteiger partial charge < -0.3 is 4.90 Å². The maximum Gasteiger partial charge on any atom is 0.146 e. The van der Waals surface area contributed by atoms with Crippen LogP contribution in [0.3, 0.4) is 0 Å². The summed E-state index contributed by atoms with van der Waals surface area (Å²) in [5.74, 6) is -0.0987. The van der Waals surface area contributed by atoms with E-state index in [2.05, 4.69) is 11.1 Å². The molecule has 21 heavy (non-hydrogen) atoms. The predicted octanol–water partition coefficient (Wildman–Crippen LogP) is 3.88. The molecule has 3 nitrogen and oxygen atoms in total. The van der Waals surface area contributed by atoms with Crippen molar-refractivity contribution in [3.05, 3.63) is 59.7 Å². The van der Waals surface area contributed by atoms with E-state index in [9.17, 15) is 4.39 Å². The standard InChI is InChI=1S/C16H15ClFN3/c17-10-14-5-1-6-15(18)16(14)21(9-3-7-19)12-13-4-2-8-20-11-13/h1-2,4-6,8,11H,3,9-10,12H2. The van der Waals surface area contributed by atoms with E-state index in [0.29, 0.717) is 25.2 Å². The molecular formula is C16H15ClFN3. The van der Waals surface area contributed by atoms with E-state index in [1.807, 2.05) is 17.0 Å². The summed E-state index contributed by atoms with van der Waals surface area (Å²) in [7, 11) is 0. The highest BCUT2D eigenvalue weighted by atomic mass is 35.5. The maximum atomic E-state index is 14.2. The van der Waals surface area contributed by atoms with Crippen molar-refractivity contribution in [3.8, 4) is 6.07 Å². The van der Waals surface area contributed by atoms with Gasteiger partial charge in [0.25, 0.3) is 0 Å². The highest BCUT2D eigenvalue weighted by Gasteiger charge is 2.16. The first kappa shape index (κ1) is 15.3. The normalized spacial score (nSPS) is 10.1. The molecule has 0 fully saturated rings. The summed E-state index contributed by atoms with van der Waals surface area (Å²) in [6.45, 7) is 0.927. The number of hydrogen-bond acceptors (Lipinski definition) is 3. The van der Waals surface area contributed by atoms with Crippen molar-refractivity contribution in [2.75, 3.05) is 11.4 Å². The fraction of sp³-hybridized carbons (Fsp3) is 0.250. The molecule has 0 spiro atoms. The summed E-state index contributed by atoms with van der Waals surface area (Å²) in [6.07, 6.45) is 3.74. The van der Waals surface area contributed by atoms with Crippen molar-refractivity contribution < 1.29 is 4.39 Å². The third-order valence-electron chi connectivity index (χ3n) is 3.12. The van der Waals surface area contributed by atoms with Gasteiger partial charge in [0.1, 0.15) is 5.82 Å². The van der Waals surface area contributed by atoms with Gasteiger partial charge in [-0.1, -0.05) is 18.2 Å². The molecular weight excluding hydrogens is 289 g/mol. The smallest absolute Gasteiger partial charge is 0.146 e. The number of benzene rings is 1. The zero-order chi connectivity index (χ0) is 15.1. The monoisotopic (exact) mass is 303 g/mol. The van der Waals surface area contributed by atoms with Gasteiger partial charge >= 0.3 is 0 Å². The second kappa shape index (κ2) is 7.61. The fourth-order valence-electron chi connectivity index (χ4n) is 2.19. The highest BCUT2D eigenvalue weighted by molar-refractivity contribution is 6.17. The van der Waals surface area contributed by atoms with E-state index >= 15 is 0 Å². The van der Waals surface area contributed by atoms with Gasteiger partial charge in [0, 0.05) is 31.4 Å². The molecule has 0 saturated carbocycles. The third-order valence-corrected chi connectivity index (χ3v) is 3.41. The molecule has 0 radical (unpaired) electrons. The molecule has 1 heterocycles. The van der Waals surface area contributed by atoms with E-state index in [-0.39, 0.29) is 11.7 Å². The Morgan fingerprint density at radius 2 is 2.14 bits per heavy atom. The summed E-state index contributed by atoms with van der Waals surface area (Å²) in [5, 5.41) is 8.82. The fourth-order valence-corrected chi connectivity index (χ4v) is 2.40. The Balaban J connectivity index is 2.34. The topological polar surface area (TPSA) is 39.9 Å². The lowest BCUT2D eigenvalue weighted by atomic mass is 10.1. The lowest BCUT2D eigenvalue weighted by Crippen LogP contribution is -2.26. The zero-order valence-corrected chi connectivity index (χ0v) is 12.2. The molecule has 2 aromatic rings. The van der Waals surface area contributed by atoms with E-state index < -0.39 is 0 Å². The molecule has 0 amide bonds. The lowest BCUT2D eigenvalue weighted by Gasteiger charge is -2.26. The summed E-state index contributed by atoms with van der Waals surface area (Å²) < 4.78 is 14.2. The summed E-state index contributed by atoms with van der Waals surface area (Å²) in [6, 6.07) is 10.7. The predicted molar refractivity (Wildman–Crippen MR) is 81.5 cm³/mol. The van der Waals surface area contributed by atoms with Crippen LogP contribution in [0.15, 0.2) is 42.7 Å². The van der Waals surface area contributed by atoms with Gasteiger partial charge in [0.15, 0.2) is 0 Å². The zero-order valence-electron chi connectivity index (χ0n) is 11.5. The van der Waals surface area contributed by atoms with Crippen molar-refractivity contribution >= 4 is 17.3 Å². The number of rotatable bonds is 6. The molecule has 0 aliphatic carbocycles. The van der Waals surface area contributed by atoms with Crippen molar-refractivity contribution in [1.29, 1.82) is 5.26 Å². The van der Waals surface area contributed by atoms with Crippen LogP contribution in [0.4, 0.5) is 10.1 Å². The number of aromatic nitrogens is 1. The van der Waals surface area contributed by atoms with Gasteiger partial charge in [0.05, 0.1) is 18.2 Å². The van der Waals surface area contributed by atoms with E-state index in [4.69, 9.17) is 16.9 Å². The van der Waals surface area contributed by atoms with Crippen molar-refractivity contribution in [3.63, 3.8) is 0 Å². The molecule has 0 N–H and O–H groups in total. The van der Waals surface area contributed by atoms with Crippen LogP contribution in [0, 0.1) is 17.1 Å². The van der Waals surface area contributed by atoms with Crippen molar-refractivity contribution in [2.45, 2.75) is 18.8 Å². The Labute approximate surface area is 128 Å². The van der Waals surface area contributed by atoms with E-state index in [0.717, 1.165) is 11.1 Å². The third kappa shape index (κ3) is 3.93. The van der Waals surface area contributed by atoms with Crippen LogP contribution >= 0.6 is 11.6 Å². The second-order valence-corrected chi connectivity index (χ2v) is 4.84. The van der Waals surface area contributed by atoms with Crippen LogP contribution in [-0.4, -0.2) is 11.5 Å². The first-order valence-corrected chi connectivity index (χ1v) is 7.14. The molecule has 108 valence electrons. The second-order valence-electron chi connectivity index (χ2n) is 4.57. The van der Waals surface area contributed by atoms with Gasteiger partial charge in [-0.3, -0.25) is 4.98 Å². The number of nitriles is 1. The highest BCUT2D eigenvalue weighted by Crippen LogP contribution is 2.27. The molecule has 0 aliphatic heterocycles. The number of halogens is 2. The van der Waals surface area contributed by atoms with Crippen LogP contribution in [0.1, 0.15) is 17.5 Å². The number of alkyl halides is 1. The average molecular weight is 304 g/mol. The Kier molecular flexibility index (Phi) is 5.53. The molecule has 0 bridgehead atoms. The first-order valence-electron chi connectivity index (χ1n) is 6.60. The molecule has 0 unspecified atom stereocenters. The Morgan fingerprint density at radius 3 is 2.81 bits per heavy atom. The number of anilines is 1. The minimum atomic E-state index is -0.324. The minimum absolute atomic E-state index is 0.225. The summed E-state index contributed by atoms with van der Waals surface area (Å²) in [5.41, 5.74) is 2.14. The van der Waals surface area contributed by atoms with Crippen LogP contribution < -0.4 is 4.90 Å². The van der Waals surface area contributed by atoms with Crippen LogP contribution in [0.5, 0.6) is 0 Å². The van der Waals surface area contributed by atoms with Crippen LogP contribution in [-0.2, 0) is 12.4 Å². The molecule has 0 atom stereocenters. The Hall–Kier alpha value is -2.12. The van der Waals surface area contributed by atoms with E-state index in [1.54, 1.807) is 24.5 Å². The quantitative estimate of drug-likeness (QED) is 0.760. The lowest BCUT2D eigenvalue weighted by molar-refractivity contribution is 0.614. The summed E-state index contributed by atoms with van der Waals surface area (Å²) in [4.78, 5) is 5.91. The molecule has 5 heteroatoms. The maximum absolute atomic E-state index is 14.2. The summed E-state index contributed by atoms with van der Waals surface area (Å²) >= 11 is 5.91. The van der Waals surface area contributed by atoms with Crippen molar-refractivity contribution in [1.82, 2.24) is 4.98 Å². The van der Waals surface area contributed by atoms with Gasteiger partial charge in [-0.05, 0) is 23.3 Å². The van der Waals surface area contributed by atoms with Crippen LogP contribution in [0.2, 0.25) is 0 Å². The molecule has 0 saturated heterocycles. The number of para-hydroxylation sites is 1. The first-order chi connectivity index (χ1) is 10.3. The van der Waals surface area contributed by atoms with Gasteiger partial charge in [-0.25, -0.2) is 4.39 Å². The SMILES string of the molecule is N#CCCN(Cc1cccnc1)c1c(F)cccc1CCl. The molecule has 2 rings (SSSR count). The Morgan fingerprint density at radius 1 is 1.29 bits per heavy atom. The molecule has 1 aromatic heterocycles. The average Bonchev–Trinajstić information content (AvgIpc) is 2.52. The molecule has 0 aliphatic rings. The Bertz CT molecular complexity index is 625.